The highest BCUT2D eigenvalue weighted by Crippen LogP contribution is 2.55. The monoisotopic (exact) mass is 486 g/mol. The Morgan fingerprint density at radius 2 is 1.85 bits per heavy atom. The summed E-state index contributed by atoms with van der Waals surface area (Å²) in [6.07, 6.45) is -0.204. The van der Waals surface area contributed by atoms with Crippen LogP contribution in [0, 0.1) is 18.8 Å². The van der Waals surface area contributed by atoms with Crippen LogP contribution in [0.5, 0.6) is 0 Å². The quantitative estimate of drug-likeness (QED) is 0.571. The van der Waals surface area contributed by atoms with Gasteiger partial charge in [-0.25, -0.2) is 0 Å². The van der Waals surface area contributed by atoms with Gasteiger partial charge < -0.3 is 11.1 Å². The maximum Gasteiger partial charge on any atom is 0.250 e. The molecule has 2 aromatic rings. The van der Waals surface area contributed by atoms with Crippen LogP contribution in [0.3, 0.4) is 0 Å². The molecule has 0 aromatic heterocycles. The van der Waals surface area contributed by atoms with Crippen LogP contribution >= 0.6 is 23.2 Å². The normalized spacial score (nSPS) is 27.8. The summed E-state index contributed by atoms with van der Waals surface area (Å²) in [7, 11) is 0. The molecule has 0 aliphatic carbocycles. The first-order valence-electron chi connectivity index (χ1n) is 10.4. The van der Waals surface area contributed by atoms with Crippen molar-refractivity contribution in [2.45, 2.75) is 31.5 Å². The molecular formula is C23H20Cl2N4O4. The number of anilines is 1. The molecule has 3 heterocycles. The van der Waals surface area contributed by atoms with E-state index in [0.29, 0.717) is 26.9 Å². The molecule has 3 aliphatic heterocycles. The summed E-state index contributed by atoms with van der Waals surface area (Å²) in [6.45, 7) is 1.79. The molecule has 1 spiro atoms. The Bertz CT molecular complexity index is 1250. The number of carbonyl (C=O) groups excluding carboxylic acids is 4. The number of hydrogen-bond donors (Lipinski definition) is 3. The minimum Gasteiger partial charge on any atom is -0.370 e. The van der Waals surface area contributed by atoms with Crippen molar-refractivity contribution in [3.63, 3.8) is 0 Å². The molecule has 33 heavy (non-hydrogen) atoms. The first-order chi connectivity index (χ1) is 15.6. The molecule has 4 amide bonds. The lowest BCUT2D eigenvalue weighted by atomic mass is 9.76. The van der Waals surface area contributed by atoms with Gasteiger partial charge in [0.15, 0.2) is 0 Å². The maximum absolute atomic E-state index is 13.7. The van der Waals surface area contributed by atoms with Gasteiger partial charge >= 0.3 is 0 Å². The van der Waals surface area contributed by atoms with Crippen molar-refractivity contribution >= 4 is 52.5 Å². The SMILES string of the molecule is Cc1cc(Cl)c2c(c1)[C@]1(N[C@@H](CC(N)=O)[C@H]3C(=O)N(Cc4ccccc4Cl)C(=O)[C@H]31)C(=O)N2. The van der Waals surface area contributed by atoms with Crippen LogP contribution in [0.4, 0.5) is 5.69 Å². The topological polar surface area (TPSA) is 122 Å². The summed E-state index contributed by atoms with van der Waals surface area (Å²) in [4.78, 5) is 53.6. The molecule has 2 saturated heterocycles. The van der Waals surface area contributed by atoms with Gasteiger partial charge in [-0.15, -0.1) is 0 Å². The molecule has 0 bridgehead atoms. The minimum atomic E-state index is -1.54. The van der Waals surface area contributed by atoms with E-state index in [2.05, 4.69) is 10.6 Å². The summed E-state index contributed by atoms with van der Waals surface area (Å²) in [5.41, 5.74) is 6.17. The predicted octanol–water partition coefficient (Wildman–Crippen LogP) is 2.10. The number of nitrogens with zero attached hydrogens (tertiary/aromatic N) is 1. The number of nitrogens with two attached hydrogens (primary N) is 1. The number of imide groups is 1. The highest BCUT2D eigenvalue weighted by molar-refractivity contribution is 6.35. The van der Waals surface area contributed by atoms with Crippen molar-refractivity contribution in [2.75, 3.05) is 5.32 Å². The molecule has 170 valence electrons. The lowest BCUT2D eigenvalue weighted by Gasteiger charge is -2.29. The smallest absolute Gasteiger partial charge is 0.250 e. The second-order valence-electron chi connectivity index (χ2n) is 8.71. The van der Waals surface area contributed by atoms with Gasteiger partial charge in [-0.2, -0.15) is 0 Å². The summed E-state index contributed by atoms with van der Waals surface area (Å²) in [6, 6.07) is 9.60. The van der Waals surface area contributed by atoms with Crippen LogP contribution in [0.2, 0.25) is 10.0 Å². The minimum absolute atomic E-state index is 0.0350. The molecule has 2 aromatic carbocycles. The largest absolute Gasteiger partial charge is 0.370 e. The number of aryl methyl sites for hydroxylation is 1. The van der Waals surface area contributed by atoms with Gasteiger partial charge in [0.2, 0.25) is 23.6 Å². The van der Waals surface area contributed by atoms with Crippen molar-refractivity contribution < 1.29 is 19.2 Å². The van der Waals surface area contributed by atoms with Crippen LogP contribution in [0.25, 0.3) is 0 Å². The molecular weight excluding hydrogens is 467 g/mol. The van der Waals surface area contributed by atoms with Crippen LogP contribution in [-0.2, 0) is 31.3 Å². The highest BCUT2D eigenvalue weighted by Gasteiger charge is 2.70. The van der Waals surface area contributed by atoms with Crippen LogP contribution in [-0.4, -0.2) is 34.6 Å². The number of carbonyl (C=O) groups is 4. The zero-order valence-electron chi connectivity index (χ0n) is 17.5. The van der Waals surface area contributed by atoms with Crippen molar-refractivity contribution in [2.24, 2.45) is 17.6 Å². The number of primary amides is 1. The number of nitrogens with one attached hydrogen (secondary N) is 2. The van der Waals surface area contributed by atoms with Crippen LogP contribution in [0.1, 0.15) is 23.1 Å². The zero-order chi connectivity index (χ0) is 23.7. The molecule has 4 N–H and O–H groups in total. The fraction of sp³-hybridized carbons (Fsp3) is 0.304. The van der Waals surface area contributed by atoms with E-state index in [1.807, 2.05) is 6.92 Å². The van der Waals surface area contributed by atoms with Gasteiger partial charge in [0, 0.05) is 23.0 Å². The predicted molar refractivity (Wildman–Crippen MR) is 121 cm³/mol. The van der Waals surface area contributed by atoms with E-state index in [4.69, 9.17) is 28.9 Å². The van der Waals surface area contributed by atoms with Crippen LogP contribution in [0.15, 0.2) is 36.4 Å². The Labute approximate surface area is 199 Å². The number of rotatable bonds is 4. The third-order valence-electron chi connectivity index (χ3n) is 6.72. The van der Waals surface area contributed by atoms with Gasteiger partial charge in [-0.1, -0.05) is 47.5 Å². The number of likely N-dealkylation sites (tertiary alicyclic amines) is 1. The first kappa shape index (κ1) is 21.9. The summed E-state index contributed by atoms with van der Waals surface area (Å²) in [5, 5.41) is 6.67. The van der Waals surface area contributed by atoms with Crippen molar-refractivity contribution in [3.8, 4) is 0 Å². The second kappa shape index (κ2) is 7.55. The summed E-state index contributed by atoms with van der Waals surface area (Å²) < 4.78 is 0. The molecule has 3 aliphatic rings. The van der Waals surface area contributed by atoms with E-state index in [0.717, 1.165) is 10.5 Å². The van der Waals surface area contributed by atoms with E-state index in [1.54, 1.807) is 36.4 Å². The Balaban J connectivity index is 1.64. The van der Waals surface area contributed by atoms with Crippen molar-refractivity contribution in [3.05, 3.63) is 63.1 Å². The fourth-order valence-electron chi connectivity index (χ4n) is 5.40. The zero-order valence-corrected chi connectivity index (χ0v) is 19.0. The van der Waals surface area contributed by atoms with Gasteiger partial charge in [-0.05, 0) is 30.2 Å². The number of amides is 4. The molecule has 0 saturated carbocycles. The van der Waals surface area contributed by atoms with Gasteiger partial charge in [-0.3, -0.25) is 29.4 Å². The lowest BCUT2D eigenvalue weighted by molar-refractivity contribution is -0.143. The second-order valence-corrected chi connectivity index (χ2v) is 9.52. The van der Waals surface area contributed by atoms with Gasteiger partial charge in [0.05, 0.1) is 29.1 Å². The molecule has 8 nitrogen and oxygen atoms in total. The standard InChI is InChI=1S/C23H20Cl2N4O4/c1-10-6-12-19(14(25)7-10)27-22(33)23(12)18-17(15(28-23)8-16(26)30)20(31)29(21(18)32)9-11-4-2-3-5-13(11)24/h2-7,15,17-18,28H,8-9H2,1H3,(H2,26,30)(H,27,33)/t15-,17+,18-,23+/m0/s1. The molecule has 0 radical (unpaired) electrons. The van der Waals surface area contributed by atoms with E-state index >= 15 is 0 Å². The number of hydrogen-bond acceptors (Lipinski definition) is 5. The van der Waals surface area contributed by atoms with Crippen molar-refractivity contribution in [1.82, 2.24) is 10.2 Å². The molecule has 4 atom stereocenters. The maximum atomic E-state index is 13.7. The molecule has 0 unspecified atom stereocenters. The van der Waals surface area contributed by atoms with Crippen LogP contribution < -0.4 is 16.4 Å². The van der Waals surface area contributed by atoms with E-state index in [-0.39, 0.29) is 13.0 Å². The fourth-order valence-corrected chi connectivity index (χ4v) is 5.91. The Kier molecular flexibility index (Phi) is 5.00. The number of halogens is 2. The van der Waals surface area contributed by atoms with E-state index in [1.165, 1.54) is 0 Å². The summed E-state index contributed by atoms with van der Waals surface area (Å²) in [5.74, 6) is -4.12. The Hall–Kier alpha value is -2.94. The van der Waals surface area contributed by atoms with Crippen molar-refractivity contribution in [1.29, 1.82) is 0 Å². The third-order valence-corrected chi connectivity index (χ3v) is 7.39. The highest BCUT2D eigenvalue weighted by atomic mass is 35.5. The number of benzene rings is 2. The summed E-state index contributed by atoms with van der Waals surface area (Å²) >= 11 is 12.7. The molecule has 5 rings (SSSR count). The lowest BCUT2D eigenvalue weighted by Crippen LogP contribution is -2.53. The number of fused-ring (bicyclic) bond motifs is 4. The average Bonchev–Trinajstić information content (AvgIpc) is 3.30. The first-order valence-corrected chi connectivity index (χ1v) is 11.2. The van der Waals surface area contributed by atoms with E-state index in [9.17, 15) is 19.2 Å². The van der Waals surface area contributed by atoms with Gasteiger partial charge in [0.1, 0.15) is 5.54 Å². The molecule has 10 heteroatoms. The van der Waals surface area contributed by atoms with Gasteiger partial charge in [0.25, 0.3) is 0 Å². The molecule has 2 fully saturated rings. The average molecular weight is 487 g/mol. The third kappa shape index (κ3) is 3.08. The Morgan fingerprint density at radius 1 is 1.12 bits per heavy atom. The Morgan fingerprint density at radius 3 is 2.55 bits per heavy atom. The van der Waals surface area contributed by atoms with E-state index < -0.39 is 47.0 Å².